The first-order valence-corrected chi connectivity index (χ1v) is 9.33. The number of carbonyl (C=O) groups is 1. The second kappa shape index (κ2) is 10.5. The van der Waals surface area contributed by atoms with Gasteiger partial charge in [-0.2, -0.15) is 8.78 Å². The van der Waals surface area contributed by atoms with Crippen LogP contribution in [0.2, 0.25) is 0 Å². The summed E-state index contributed by atoms with van der Waals surface area (Å²) >= 11 is 0. The van der Waals surface area contributed by atoms with Gasteiger partial charge >= 0.3 is 12.6 Å². The second-order valence-electron chi connectivity index (χ2n) is 6.21. The molecular formula is C21H20F2N2O8. The van der Waals surface area contributed by atoms with Gasteiger partial charge in [0, 0.05) is 5.56 Å². The lowest BCUT2D eigenvalue weighted by Crippen LogP contribution is -2.11. The number of ether oxygens (including phenoxy) is 6. The van der Waals surface area contributed by atoms with E-state index in [1.807, 2.05) is 0 Å². The lowest BCUT2D eigenvalue weighted by molar-refractivity contribution is -0.0519. The van der Waals surface area contributed by atoms with Gasteiger partial charge in [0.1, 0.15) is 5.56 Å². The summed E-state index contributed by atoms with van der Waals surface area (Å²) in [5, 5.41) is 7.76. The number of rotatable bonds is 10. The Morgan fingerprint density at radius 1 is 0.939 bits per heavy atom. The molecule has 3 rings (SSSR count). The number of para-hydroxylation sites is 1. The van der Waals surface area contributed by atoms with Gasteiger partial charge in [-0.05, 0) is 24.3 Å². The van der Waals surface area contributed by atoms with E-state index in [4.69, 9.17) is 28.1 Å². The zero-order valence-electron chi connectivity index (χ0n) is 18.1. The monoisotopic (exact) mass is 466 g/mol. The fourth-order valence-corrected chi connectivity index (χ4v) is 2.89. The number of alkyl halides is 2. The van der Waals surface area contributed by atoms with Gasteiger partial charge < -0.3 is 32.8 Å². The molecule has 3 aromatic rings. The van der Waals surface area contributed by atoms with Crippen LogP contribution in [0.4, 0.5) is 8.78 Å². The van der Waals surface area contributed by atoms with Crippen LogP contribution in [-0.4, -0.2) is 51.2 Å². The van der Waals surface area contributed by atoms with Crippen molar-refractivity contribution in [1.82, 2.24) is 10.2 Å². The molecule has 0 saturated carbocycles. The van der Waals surface area contributed by atoms with Crippen LogP contribution in [0, 0.1) is 0 Å². The van der Waals surface area contributed by atoms with Crippen LogP contribution in [-0.2, 0) is 11.3 Å². The average Bonchev–Trinajstić information content (AvgIpc) is 3.30. The molecule has 0 spiro atoms. The third-order valence-corrected chi connectivity index (χ3v) is 4.33. The number of carbonyl (C=O) groups excluding carboxylic acids is 1. The number of benzene rings is 2. The number of esters is 1. The van der Waals surface area contributed by atoms with Crippen molar-refractivity contribution in [1.29, 1.82) is 0 Å². The topological polar surface area (TPSA) is 111 Å². The Bertz CT molecular complexity index is 1090. The molecule has 0 amide bonds. The van der Waals surface area contributed by atoms with Crippen LogP contribution in [0.3, 0.4) is 0 Å². The third-order valence-electron chi connectivity index (χ3n) is 4.33. The van der Waals surface area contributed by atoms with Crippen molar-refractivity contribution < 1.29 is 46.4 Å². The molecule has 0 saturated heterocycles. The number of nitrogens with zero attached hydrogens (tertiary/aromatic N) is 2. The van der Waals surface area contributed by atoms with E-state index in [-0.39, 0.29) is 23.1 Å². The van der Waals surface area contributed by atoms with E-state index in [0.29, 0.717) is 22.8 Å². The molecule has 2 aromatic carbocycles. The first-order valence-electron chi connectivity index (χ1n) is 9.33. The highest BCUT2D eigenvalue weighted by Crippen LogP contribution is 2.41. The van der Waals surface area contributed by atoms with E-state index in [2.05, 4.69) is 14.9 Å². The summed E-state index contributed by atoms with van der Waals surface area (Å²) < 4.78 is 61.4. The lowest BCUT2D eigenvalue weighted by atomic mass is 10.2. The summed E-state index contributed by atoms with van der Waals surface area (Å²) in [6, 6.07) is 7.28. The summed E-state index contributed by atoms with van der Waals surface area (Å²) in [6.45, 7) is -3.58. The minimum Gasteiger partial charge on any atom is -0.493 e. The van der Waals surface area contributed by atoms with E-state index in [0.717, 1.165) is 0 Å². The Hall–Kier alpha value is -4.09. The van der Waals surface area contributed by atoms with Crippen molar-refractivity contribution in [2.24, 2.45) is 0 Å². The van der Waals surface area contributed by atoms with E-state index in [1.165, 1.54) is 46.6 Å². The van der Waals surface area contributed by atoms with Gasteiger partial charge in [-0.25, -0.2) is 4.79 Å². The van der Waals surface area contributed by atoms with Crippen molar-refractivity contribution in [2.45, 2.75) is 13.2 Å². The highest BCUT2D eigenvalue weighted by molar-refractivity contribution is 5.93. The molecule has 0 bridgehead atoms. The van der Waals surface area contributed by atoms with Crippen LogP contribution in [0.25, 0.3) is 11.5 Å². The Morgan fingerprint density at radius 3 is 2.18 bits per heavy atom. The zero-order valence-corrected chi connectivity index (χ0v) is 18.1. The number of hydrogen-bond acceptors (Lipinski definition) is 10. The molecule has 0 aliphatic heterocycles. The lowest BCUT2D eigenvalue weighted by Gasteiger charge is -2.13. The molecule has 0 atom stereocenters. The van der Waals surface area contributed by atoms with Gasteiger partial charge in [0.15, 0.2) is 29.6 Å². The molecule has 0 fully saturated rings. The zero-order chi connectivity index (χ0) is 24.0. The van der Waals surface area contributed by atoms with E-state index in [1.54, 1.807) is 12.1 Å². The van der Waals surface area contributed by atoms with Gasteiger partial charge in [0.05, 0.1) is 28.4 Å². The Balaban J connectivity index is 1.78. The fourth-order valence-electron chi connectivity index (χ4n) is 2.89. The van der Waals surface area contributed by atoms with Gasteiger partial charge in [0.2, 0.25) is 11.6 Å². The highest BCUT2D eigenvalue weighted by Gasteiger charge is 2.23. The Kier molecular flexibility index (Phi) is 7.49. The van der Waals surface area contributed by atoms with Gasteiger partial charge in [-0.15, -0.1) is 10.2 Å². The standard InChI is InChI=1S/C21H20F2N2O8/c1-27-13-7-5-6-12(17(13)33-21(22)23)20(26)31-10-16-24-25-19(32-16)11-8-14(28-2)18(30-4)15(9-11)29-3/h5-9,21H,10H2,1-4H3. The van der Waals surface area contributed by atoms with Crippen molar-refractivity contribution in [3.8, 4) is 40.2 Å². The molecule has 1 aromatic heterocycles. The normalized spacial score (nSPS) is 10.6. The number of halogens is 2. The third kappa shape index (κ3) is 5.22. The van der Waals surface area contributed by atoms with Crippen LogP contribution >= 0.6 is 0 Å². The maximum absolute atomic E-state index is 12.8. The van der Waals surface area contributed by atoms with Crippen molar-refractivity contribution >= 4 is 5.97 Å². The fraction of sp³-hybridized carbons (Fsp3) is 0.286. The maximum atomic E-state index is 12.8. The van der Waals surface area contributed by atoms with Crippen molar-refractivity contribution in [3.05, 3.63) is 41.8 Å². The number of aromatic nitrogens is 2. The summed E-state index contributed by atoms with van der Waals surface area (Å²) in [6.07, 6.45) is 0. The molecule has 0 radical (unpaired) electrons. The highest BCUT2D eigenvalue weighted by atomic mass is 19.3. The molecule has 0 aliphatic carbocycles. The van der Waals surface area contributed by atoms with Crippen LogP contribution in [0.1, 0.15) is 16.2 Å². The predicted octanol–water partition coefficient (Wildman–Crippen LogP) is 3.73. The summed E-state index contributed by atoms with van der Waals surface area (Å²) in [4.78, 5) is 12.5. The van der Waals surface area contributed by atoms with Crippen LogP contribution in [0.15, 0.2) is 34.7 Å². The first-order chi connectivity index (χ1) is 15.9. The number of hydrogen-bond donors (Lipinski definition) is 0. The van der Waals surface area contributed by atoms with E-state index in [9.17, 15) is 13.6 Å². The molecule has 0 N–H and O–H groups in total. The van der Waals surface area contributed by atoms with Crippen LogP contribution in [0.5, 0.6) is 28.7 Å². The van der Waals surface area contributed by atoms with Gasteiger partial charge in [-0.1, -0.05) is 6.07 Å². The summed E-state index contributed by atoms with van der Waals surface area (Å²) in [5.74, 6) is -0.231. The first kappa shape index (κ1) is 23.6. The predicted molar refractivity (Wildman–Crippen MR) is 108 cm³/mol. The smallest absolute Gasteiger partial charge is 0.387 e. The largest absolute Gasteiger partial charge is 0.493 e. The Morgan fingerprint density at radius 2 is 1.61 bits per heavy atom. The number of methoxy groups -OCH3 is 4. The molecule has 33 heavy (non-hydrogen) atoms. The molecule has 0 unspecified atom stereocenters. The van der Waals surface area contributed by atoms with E-state index < -0.39 is 24.9 Å². The molecule has 12 heteroatoms. The Labute approximate surface area is 186 Å². The summed E-state index contributed by atoms with van der Waals surface area (Å²) in [7, 11) is 5.65. The van der Waals surface area contributed by atoms with Crippen molar-refractivity contribution in [2.75, 3.05) is 28.4 Å². The van der Waals surface area contributed by atoms with Crippen molar-refractivity contribution in [3.63, 3.8) is 0 Å². The quantitative estimate of drug-likeness (QED) is 0.410. The molecule has 0 aliphatic rings. The average molecular weight is 466 g/mol. The minimum atomic E-state index is -3.16. The minimum absolute atomic E-state index is 0.0358. The molecule has 1 heterocycles. The van der Waals surface area contributed by atoms with E-state index >= 15 is 0 Å². The van der Waals surface area contributed by atoms with Crippen LogP contribution < -0.4 is 23.7 Å². The van der Waals surface area contributed by atoms with Gasteiger partial charge in [0.25, 0.3) is 5.89 Å². The SMILES string of the molecule is COc1cc(-c2nnc(COC(=O)c3cccc(OC)c3OC(F)F)o2)cc(OC)c1OC. The summed E-state index contributed by atoms with van der Waals surface area (Å²) in [5.41, 5.74) is 0.217. The maximum Gasteiger partial charge on any atom is 0.387 e. The molecular weight excluding hydrogens is 446 g/mol. The molecule has 10 nitrogen and oxygen atoms in total. The molecule has 176 valence electrons. The second-order valence-corrected chi connectivity index (χ2v) is 6.21. The van der Waals surface area contributed by atoms with Gasteiger partial charge in [-0.3, -0.25) is 0 Å².